The molecular formula is C17H15BrN2O3S. The summed E-state index contributed by atoms with van der Waals surface area (Å²) >= 11 is 7.43. The largest absolute Gasteiger partial charge is 0.325 e. The van der Waals surface area contributed by atoms with Gasteiger partial charge in [0.15, 0.2) is 5.78 Å². The number of carbonyl (C=O) groups is 3. The van der Waals surface area contributed by atoms with Crippen LogP contribution in [-0.4, -0.2) is 17.7 Å². The summed E-state index contributed by atoms with van der Waals surface area (Å²) in [4.78, 5) is 35.5. The number of thiol groups is 1. The van der Waals surface area contributed by atoms with Crippen molar-refractivity contribution in [3.05, 3.63) is 64.1 Å². The molecule has 0 atom stereocenters. The van der Waals surface area contributed by atoms with Crippen molar-refractivity contribution in [3.8, 4) is 0 Å². The predicted octanol–water partition coefficient (Wildman–Crippen LogP) is 3.80. The van der Waals surface area contributed by atoms with Crippen LogP contribution < -0.4 is 10.6 Å². The van der Waals surface area contributed by atoms with Crippen molar-refractivity contribution in [2.24, 2.45) is 0 Å². The van der Waals surface area contributed by atoms with E-state index in [9.17, 15) is 14.4 Å². The van der Waals surface area contributed by atoms with E-state index >= 15 is 0 Å². The van der Waals surface area contributed by atoms with Crippen LogP contribution in [0.1, 0.15) is 22.3 Å². The van der Waals surface area contributed by atoms with E-state index in [0.717, 1.165) is 10.0 Å². The third-order valence-corrected chi connectivity index (χ3v) is 4.03. The van der Waals surface area contributed by atoms with E-state index < -0.39 is 18.4 Å². The van der Waals surface area contributed by atoms with E-state index in [1.54, 1.807) is 48.5 Å². The highest BCUT2D eigenvalue weighted by molar-refractivity contribution is 9.10. The molecule has 2 aromatic rings. The van der Waals surface area contributed by atoms with Crippen molar-refractivity contribution >= 4 is 52.0 Å². The average molecular weight is 407 g/mol. The highest BCUT2D eigenvalue weighted by Gasteiger charge is 2.14. The number of halogens is 1. The van der Waals surface area contributed by atoms with E-state index in [0.29, 0.717) is 17.0 Å². The fourth-order valence-electron chi connectivity index (χ4n) is 1.91. The van der Waals surface area contributed by atoms with Gasteiger partial charge in [0, 0.05) is 21.5 Å². The molecule has 0 spiro atoms. The molecule has 0 aromatic heterocycles. The van der Waals surface area contributed by atoms with E-state index in [2.05, 4.69) is 39.2 Å². The number of Topliss-reactive ketones (excluding diaryl/α,β-unsaturated/α-hetero) is 1. The Bertz CT molecular complexity index is 745. The monoisotopic (exact) mass is 406 g/mol. The second kappa shape index (κ2) is 8.65. The van der Waals surface area contributed by atoms with Gasteiger partial charge < -0.3 is 5.32 Å². The minimum Gasteiger partial charge on any atom is -0.308 e. The van der Waals surface area contributed by atoms with Gasteiger partial charge >= 0.3 is 6.03 Å². The number of rotatable bonds is 5. The Labute approximate surface area is 153 Å². The first-order chi connectivity index (χ1) is 11.5. The maximum absolute atomic E-state index is 12.0. The lowest BCUT2D eigenvalue weighted by Gasteiger charge is -2.07. The molecule has 0 fully saturated rings. The number of ketones is 1. The van der Waals surface area contributed by atoms with E-state index in [-0.39, 0.29) is 5.78 Å². The second-order valence-electron chi connectivity index (χ2n) is 4.96. The van der Waals surface area contributed by atoms with Crippen LogP contribution in [0.15, 0.2) is 53.0 Å². The van der Waals surface area contributed by atoms with Crippen LogP contribution in [0.25, 0.3) is 0 Å². The van der Waals surface area contributed by atoms with Crippen LogP contribution in [0.5, 0.6) is 0 Å². The summed E-state index contributed by atoms with van der Waals surface area (Å²) in [5.41, 5.74) is 1.94. The topological polar surface area (TPSA) is 75.3 Å². The van der Waals surface area contributed by atoms with Gasteiger partial charge in [-0.15, -0.1) is 0 Å². The molecule has 0 aliphatic heterocycles. The summed E-state index contributed by atoms with van der Waals surface area (Å²) in [6, 6.07) is 13.0. The lowest BCUT2D eigenvalue weighted by molar-refractivity contribution is -0.119. The van der Waals surface area contributed by atoms with Gasteiger partial charge in [-0.05, 0) is 29.8 Å². The molecule has 0 unspecified atom stereocenters. The highest BCUT2D eigenvalue weighted by Crippen LogP contribution is 2.14. The second-order valence-corrected chi connectivity index (χ2v) is 6.20. The summed E-state index contributed by atoms with van der Waals surface area (Å²) in [5, 5.41) is 4.65. The molecule has 0 aliphatic carbocycles. The van der Waals surface area contributed by atoms with Crippen molar-refractivity contribution in [3.63, 3.8) is 0 Å². The fraction of sp³-hybridized carbons (Fsp3) is 0.118. The number of imide groups is 1. The van der Waals surface area contributed by atoms with Crippen molar-refractivity contribution in [2.75, 3.05) is 5.32 Å². The molecule has 2 N–H and O–H groups in total. The van der Waals surface area contributed by atoms with Gasteiger partial charge in [0.1, 0.15) is 0 Å². The third-order valence-electron chi connectivity index (χ3n) is 3.13. The number of nitrogens with one attached hydrogen (secondary N) is 2. The summed E-state index contributed by atoms with van der Waals surface area (Å²) in [6.45, 7) is 0. The van der Waals surface area contributed by atoms with Crippen molar-refractivity contribution in [1.29, 1.82) is 0 Å². The van der Waals surface area contributed by atoms with Gasteiger partial charge in [-0.2, -0.15) is 12.6 Å². The third kappa shape index (κ3) is 5.50. The van der Waals surface area contributed by atoms with Crippen LogP contribution in [-0.2, 0) is 10.5 Å². The minimum atomic E-state index is -0.680. The zero-order chi connectivity index (χ0) is 17.5. The molecule has 2 aromatic carbocycles. The Morgan fingerprint density at radius 2 is 1.58 bits per heavy atom. The lowest BCUT2D eigenvalue weighted by Crippen LogP contribution is -2.35. The zero-order valence-corrected chi connectivity index (χ0v) is 15.1. The van der Waals surface area contributed by atoms with Crippen molar-refractivity contribution < 1.29 is 14.4 Å². The molecule has 2 rings (SSSR count). The summed E-state index contributed by atoms with van der Waals surface area (Å²) < 4.78 is 0.874. The first kappa shape index (κ1) is 18.2. The number of hydrogen-bond donors (Lipinski definition) is 3. The standard InChI is InChI=1S/C17H15BrN2O3S/c18-13-5-7-14(8-6-13)19-17(23)20-16(22)9-15(21)12-3-1-11(10-24)2-4-12/h1-8,24H,9-10H2,(H2,19,20,22,23). The van der Waals surface area contributed by atoms with Gasteiger partial charge in [0.2, 0.25) is 5.91 Å². The Kier molecular flexibility index (Phi) is 6.57. The summed E-state index contributed by atoms with van der Waals surface area (Å²) in [5.74, 6) is -0.437. The SMILES string of the molecule is O=C(CC(=O)c1ccc(CS)cc1)NC(=O)Nc1ccc(Br)cc1. The molecule has 0 aliphatic rings. The average Bonchev–Trinajstić information content (AvgIpc) is 2.56. The van der Waals surface area contributed by atoms with Gasteiger partial charge in [-0.25, -0.2) is 4.79 Å². The lowest BCUT2D eigenvalue weighted by atomic mass is 10.1. The zero-order valence-electron chi connectivity index (χ0n) is 12.6. The molecule has 24 heavy (non-hydrogen) atoms. The molecule has 124 valence electrons. The fourth-order valence-corrected chi connectivity index (χ4v) is 2.39. The molecule has 0 bridgehead atoms. The normalized spacial score (nSPS) is 10.1. The van der Waals surface area contributed by atoms with Crippen LogP contribution in [0.4, 0.5) is 10.5 Å². The van der Waals surface area contributed by atoms with Crippen LogP contribution in [0, 0.1) is 0 Å². The van der Waals surface area contributed by atoms with E-state index in [1.807, 2.05) is 0 Å². The number of amides is 3. The Morgan fingerprint density at radius 3 is 2.17 bits per heavy atom. The summed E-state index contributed by atoms with van der Waals surface area (Å²) in [6.07, 6.45) is -0.395. The molecule has 0 saturated heterocycles. The minimum absolute atomic E-state index is 0.352. The van der Waals surface area contributed by atoms with Crippen molar-refractivity contribution in [2.45, 2.75) is 12.2 Å². The molecule has 7 heteroatoms. The number of hydrogen-bond acceptors (Lipinski definition) is 4. The predicted molar refractivity (Wildman–Crippen MR) is 99.4 cm³/mol. The number of carbonyl (C=O) groups excluding carboxylic acids is 3. The van der Waals surface area contributed by atoms with Crippen LogP contribution >= 0.6 is 28.6 Å². The highest BCUT2D eigenvalue weighted by atomic mass is 79.9. The first-order valence-corrected chi connectivity index (χ1v) is 8.50. The number of urea groups is 1. The molecular weight excluding hydrogens is 392 g/mol. The maximum Gasteiger partial charge on any atom is 0.325 e. The molecule has 3 amide bonds. The van der Waals surface area contributed by atoms with Gasteiger partial charge in [-0.1, -0.05) is 40.2 Å². The molecule has 0 saturated carbocycles. The van der Waals surface area contributed by atoms with Crippen molar-refractivity contribution in [1.82, 2.24) is 5.32 Å². The van der Waals surface area contributed by atoms with Gasteiger partial charge in [0.25, 0.3) is 0 Å². The van der Waals surface area contributed by atoms with Gasteiger partial charge in [0.05, 0.1) is 6.42 Å². The molecule has 0 radical (unpaired) electrons. The number of benzene rings is 2. The first-order valence-electron chi connectivity index (χ1n) is 7.07. The Hall–Kier alpha value is -2.12. The molecule has 5 nitrogen and oxygen atoms in total. The van der Waals surface area contributed by atoms with Crippen LogP contribution in [0.2, 0.25) is 0 Å². The van der Waals surface area contributed by atoms with Gasteiger partial charge in [-0.3, -0.25) is 14.9 Å². The summed E-state index contributed by atoms with van der Waals surface area (Å²) in [7, 11) is 0. The van der Waals surface area contributed by atoms with Crippen LogP contribution in [0.3, 0.4) is 0 Å². The Balaban J connectivity index is 1.86. The van der Waals surface area contributed by atoms with E-state index in [1.165, 1.54) is 0 Å². The maximum atomic E-state index is 12.0. The Morgan fingerprint density at radius 1 is 0.958 bits per heavy atom. The quantitative estimate of drug-likeness (QED) is 0.401. The smallest absolute Gasteiger partial charge is 0.308 e. The van der Waals surface area contributed by atoms with E-state index in [4.69, 9.17) is 0 Å². The number of anilines is 1. The molecule has 0 heterocycles.